The highest BCUT2D eigenvalue weighted by atomic mass is 79.9. The van der Waals surface area contributed by atoms with Crippen LogP contribution < -0.4 is 10.0 Å². The topological polar surface area (TPSA) is 71.3 Å². The van der Waals surface area contributed by atoms with Crippen molar-refractivity contribution in [2.75, 3.05) is 7.05 Å². The summed E-state index contributed by atoms with van der Waals surface area (Å²) in [6.45, 7) is 2.73. The molecular formula is C12H15BrN2O3S2. The zero-order valence-corrected chi connectivity index (χ0v) is 14.3. The summed E-state index contributed by atoms with van der Waals surface area (Å²) < 4.78 is 32.6. The number of hydrogen-bond donors (Lipinski definition) is 2. The van der Waals surface area contributed by atoms with Gasteiger partial charge in [-0.1, -0.05) is 0 Å². The molecule has 8 heteroatoms. The van der Waals surface area contributed by atoms with Gasteiger partial charge in [0.05, 0.1) is 6.54 Å². The molecule has 0 radical (unpaired) electrons. The van der Waals surface area contributed by atoms with E-state index in [1.807, 2.05) is 19.1 Å². The molecule has 0 unspecified atom stereocenters. The predicted molar refractivity (Wildman–Crippen MR) is 82.3 cm³/mol. The Morgan fingerprint density at radius 1 is 1.35 bits per heavy atom. The first-order valence-electron chi connectivity index (χ1n) is 5.90. The van der Waals surface area contributed by atoms with Gasteiger partial charge in [-0.25, -0.2) is 13.1 Å². The lowest BCUT2D eigenvalue weighted by Crippen LogP contribution is -2.22. The van der Waals surface area contributed by atoms with Crippen LogP contribution in [0.4, 0.5) is 0 Å². The Balaban J connectivity index is 2.13. The average molecular weight is 379 g/mol. The van der Waals surface area contributed by atoms with Gasteiger partial charge in [0.25, 0.3) is 0 Å². The van der Waals surface area contributed by atoms with Crippen LogP contribution in [0.25, 0.3) is 0 Å². The molecule has 0 saturated heterocycles. The van der Waals surface area contributed by atoms with Crippen LogP contribution in [0.3, 0.4) is 0 Å². The van der Waals surface area contributed by atoms with Gasteiger partial charge < -0.3 is 9.73 Å². The number of nitrogens with one attached hydrogen (secondary N) is 2. The molecule has 0 spiro atoms. The Labute approximate surface area is 130 Å². The molecule has 0 aliphatic rings. The Morgan fingerprint density at radius 2 is 2.10 bits per heavy atom. The van der Waals surface area contributed by atoms with Crippen LogP contribution in [0.5, 0.6) is 0 Å². The van der Waals surface area contributed by atoms with Gasteiger partial charge in [-0.05, 0) is 42.0 Å². The third kappa shape index (κ3) is 3.70. The van der Waals surface area contributed by atoms with Crippen LogP contribution in [-0.4, -0.2) is 15.5 Å². The lowest BCUT2D eigenvalue weighted by molar-refractivity contribution is 0.470. The largest absolute Gasteiger partial charge is 0.452 e. The minimum atomic E-state index is -3.59. The highest BCUT2D eigenvalue weighted by molar-refractivity contribution is 9.10. The van der Waals surface area contributed by atoms with E-state index in [-0.39, 0.29) is 16.1 Å². The molecule has 0 aliphatic carbocycles. The van der Waals surface area contributed by atoms with E-state index in [1.54, 1.807) is 18.4 Å². The summed E-state index contributed by atoms with van der Waals surface area (Å²) in [7, 11) is -1.82. The zero-order chi connectivity index (χ0) is 14.8. The van der Waals surface area contributed by atoms with Gasteiger partial charge in [0.15, 0.2) is 4.67 Å². The van der Waals surface area contributed by atoms with Crippen molar-refractivity contribution in [3.8, 4) is 0 Å². The van der Waals surface area contributed by atoms with Crippen molar-refractivity contribution < 1.29 is 12.8 Å². The first-order valence-corrected chi connectivity index (χ1v) is 8.99. The smallest absolute Gasteiger partial charge is 0.245 e. The van der Waals surface area contributed by atoms with Crippen molar-refractivity contribution in [1.29, 1.82) is 0 Å². The lowest BCUT2D eigenvalue weighted by Gasteiger charge is -2.03. The van der Waals surface area contributed by atoms with Crippen molar-refractivity contribution in [2.45, 2.75) is 24.9 Å². The van der Waals surface area contributed by atoms with E-state index in [0.29, 0.717) is 12.3 Å². The second kappa shape index (κ2) is 6.40. The number of aryl methyl sites for hydroxylation is 1. The number of thiophene rings is 1. The van der Waals surface area contributed by atoms with E-state index in [0.717, 1.165) is 9.75 Å². The van der Waals surface area contributed by atoms with Crippen molar-refractivity contribution in [2.24, 2.45) is 0 Å². The van der Waals surface area contributed by atoms with Gasteiger partial charge >= 0.3 is 0 Å². The van der Waals surface area contributed by atoms with Crippen LogP contribution in [0.15, 0.2) is 32.2 Å². The van der Waals surface area contributed by atoms with Crippen LogP contribution in [-0.2, 0) is 23.1 Å². The van der Waals surface area contributed by atoms with E-state index in [9.17, 15) is 8.42 Å². The normalized spacial score (nSPS) is 11.9. The van der Waals surface area contributed by atoms with Crippen molar-refractivity contribution in [1.82, 2.24) is 10.0 Å². The number of hydrogen-bond acceptors (Lipinski definition) is 5. The van der Waals surface area contributed by atoms with Crippen LogP contribution in [0, 0.1) is 6.92 Å². The van der Waals surface area contributed by atoms with Crippen LogP contribution >= 0.6 is 27.3 Å². The van der Waals surface area contributed by atoms with Gasteiger partial charge in [-0.2, -0.15) is 0 Å². The lowest BCUT2D eigenvalue weighted by atomic mass is 10.4. The molecule has 2 aromatic rings. The summed E-state index contributed by atoms with van der Waals surface area (Å²) in [5, 5.41) is 2.91. The Morgan fingerprint density at radius 3 is 2.70 bits per heavy atom. The Kier molecular flexibility index (Phi) is 5.03. The number of furan rings is 1. The maximum Gasteiger partial charge on any atom is 0.245 e. The standard InChI is InChI=1S/C12H15BrN2O3S2/c1-8-3-4-10(19-8)7-15-20(16,17)11-5-9(6-14-2)18-12(11)13/h3-5,14-15H,6-7H2,1-2H3. The third-order valence-corrected chi connectivity index (χ3v) is 5.84. The van der Waals surface area contributed by atoms with Crippen LogP contribution in [0.2, 0.25) is 0 Å². The van der Waals surface area contributed by atoms with Crippen molar-refractivity contribution in [3.63, 3.8) is 0 Å². The average Bonchev–Trinajstić information content (AvgIpc) is 2.94. The molecule has 110 valence electrons. The summed E-state index contributed by atoms with van der Waals surface area (Å²) in [4.78, 5) is 2.25. The van der Waals surface area contributed by atoms with E-state index >= 15 is 0 Å². The Hall–Kier alpha value is -0.670. The molecule has 0 amide bonds. The molecule has 2 aromatic heterocycles. The van der Waals surface area contributed by atoms with Gasteiger partial charge in [0.2, 0.25) is 10.0 Å². The fraction of sp³-hybridized carbons (Fsp3) is 0.333. The summed E-state index contributed by atoms with van der Waals surface area (Å²) in [5.74, 6) is 0.562. The molecule has 2 N–H and O–H groups in total. The van der Waals surface area contributed by atoms with E-state index in [4.69, 9.17) is 4.42 Å². The molecule has 2 rings (SSSR count). The van der Waals surface area contributed by atoms with Crippen LogP contribution in [0.1, 0.15) is 15.5 Å². The third-order valence-electron chi connectivity index (χ3n) is 2.58. The molecule has 5 nitrogen and oxygen atoms in total. The minimum Gasteiger partial charge on any atom is -0.452 e. The summed E-state index contributed by atoms with van der Waals surface area (Å²) in [6, 6.07) is 5.40. The van der Waals surface area contributed by atoms with E-state index in [1.165, 1.54) is 6.07 Å². The van der Waals surface area contributed by atoms with Crippen molar-refractivity contribution in [3.05, 3.63) is 38.4 Å². The maximum atomic E-state index is 12.2. The number of rotatable bonds is 6. The zero-order valence-electron chi connectivity index (χ0n) is 11.1. The molecule has 0 fully saturated rings. The second-order valence-corrected chi connectivity index (χ2v) is 8.05. The molecule has 0 atom stereocenters. The quantitative estimate of drug-likeness (QED) is 0.810. The first-order chi connectivity index (χ1) is 9.42. The minimum absolute atomic E-state index is 0.121. The predicted octanol–water partition coefficient (Wildman–Crippen LogP) is 2.61. The summed E-state index contributed by atoms with van der Waals surface area (Å²) in [6.07, 6.45) is 0. The molecule has 20 heavy (non-hydrogen) atoms. The fourth-order valence-electron chi connectivity index (χ4n) is 1.67. The maximum absolute atomic E-state index is 12.2. The number of sulfonamides is 1. The van der Waals surface area contributed by atoms with Gasteiger partial charge in [-0.3, -0.25) is 0 Å². The number of halogens is 1. The molecular weight excluding hydrogens is 364 g/mol. The molecule has 0 saturated carbocycles. The summed E-state index contributed by atoms with van der Waals surface area (Å²) >= 11 is 4.71. The second-order valence-electron chi connectivity index (χ2n) is 4.22. The van der Waals surface area contributed by atoms with Gasteiger partial charge in [0, 0.05) is 22.4 Å². The van der Waals surface area contributed by atoms with E-state index in [2.05, 4.69) is 26.0 Å². The molecule has 0 aromatic carbocycles. The fourth-order valence-corrected chi connectivity index (χ4v) is 4.59. The van der Waals surface area contributed by atoms with Crippen molar-refractivity contribution >= 4 is 37.3 Å². The highest BCUT2D eigenvalue weighted by Gasteiger charge is 2.22. The van der Waals surface area contributed by atoms with Gasteiger partial charge in [-0.15, -0.1) is 11.3 Å². The highest BCUT2D eigenvalue weighted by Crippen LogP contribution is 2.26. The molecule has 2 heterocycles. The van der Waals surface area contributed by atoms with E-state index < -0.39 is 10.0 Å². The Bertz CT molecular complexity index is 691. The molecule has 0 bridgehead atoms. The van der Waals surface area contributed by atoms with Gasteiger partial charge in [0.1, 0.15) is 10.7 Å². The summed E-state index contributed by atoms with van der Waals surface area (Å²) in [5.41, 5.74) is 0. The monoisotopic (exact) mass is 378 g/mol. The SMILES string of the molecule is CNCc1cc(S(=O)(=O)NCc2ccc(C)s2)c(Br)o1. The molecule has 0 aliphatic heterocycles. The first kappa shape index (κ1) is 15.7.